The molecule has 0 saturated heterocycles. The van der Waals surface area contributed by atoms with E-state index in [-0.39, 0.29) is 6.29 Å². The summed E-state index contributed by atoms with van der Waals surface area (Å²) in [5, 5.41) is 3.33. The predicted octanol–water partition coefficient (Wildman–Crippen LogP) is -0.0512. The topological polar surface area (TPSA) is 65.7 Å². The highest BCUT2D eigenvalue weighted by Crippen LogP contribution is 1.98. The molecule has 5 nitrogen and oxygen atoms in total. The minimum atomic E-state index is -0.206. The number of nitrogens with two attached hydrogens (primary N) is 1. The van der Waals surface area contributed by atoms with E-state index in [1.807, 2.05) is 0 Å². The van der Waals surface area contributed by atoms with Crippen molar-refractivity contribution in [1.82, 2.24) is 5.32 Å². The normalized spacial score (nSPS) is 13.4. The van der Waals surface area contributed by atoms with Crippen LogP contribution in [0.5, 0.6) is 0 Å². The van der Waals surface area contributed by atoms with E-state index in [9.17, 15) is 0 Å². The number of hydrogen-bond donors (Lipinski definition) is 2. The van der Waals surface area contributed by atoms with Gasteiger partial charge in [0, 0.05) is 33.9 Å². The number of methoxy groups -OCH3 is 3. The molecule has 0 spiro atoms. The van der Waals surface area contributed by atoms with Crippen molar-refractivity contribution in [2.45, 2.75) is 25.2 Å². The van der Waals surface area contributed by atoms with Gasteiger partial charge in [-0.15, -0.1) is 0 Å². The molecule has 0 bridgehead atoms. The summed E-state index contributed by atoms with van der Waals surface area (Å²) < 4.78 is 15.3. The highest BCUT2D eigenvalue weighted by molar-refractivity contribution is 4.67. The molecule has 0 aliphatic rings. The highest BCUT2D eigenvalue weighted by atomic mass is 16.7. The van der Waals surface area contributed by atoms with Crippen molar-refractivity contribution in [2.24, 2.45) is 5.73 Å². The first kappa shape index (κ1) is 14.8. The summed E-state index contributed by atoms with van der Waals surface area (Å²) in [6, 6.07) is 0.311. The molecule has 0 heterocycles. The molecule has 15 heavy (non-hydrogen) atoms. The van der Waals surface area contributed by atoms with Crippen molar-refractivity contribution in [3.63, 3.8) is 0 Å². The van der Waals surface area contributed by atoms with Gasteiger partial charge < -0.3 is 25.3 Å². The average molecular weight is 220 g/mol. The van der Waals surface area contributed by atoms with Gasteiger partial charge in [0.05, 0.1) is 6.61 Å². The van der Waals surface area contributed by atoms with E-state index in [0.29, 0.717) is 25.7 Å². The van der Waals surface area contributed by atoms with Gasteiger partial charge in [0.15, 0.2) is 6.29 Å². The van der Waals surface area contributed by atoms with Gasteiger partial charge in [0.25, 0.3) is 0 Å². The third-order valence-corrected chi connectivity index (χ3v) is 2.22. The molecule has 0 aromatic heterocycles. The van der Waals surface area contributed by atoms with Crippen LogP contribution in [-0.4, -0.2) is 53.4 Å². The maximum atomic E-state index is 5.46. The van der Waals surface area contributed by atoms with Gasteiger partial charge in [-0.1, -0.05) is 0 Å². The molecule has 1 unspecified atom stereocenters. The van der Waals surface area contributed by atoms with Crippen molar-refractivity contribution in [1.29, 1.82) is 0 Å². The quantitative estimate of drug-likeness (QED) is 0.505. The zero-order chi connectivity index (χ0) is 11.5. The molecule has 0 aliphatic carbocycles. The third kappa shape index (κ3) is 7.70. The number of nitrogens with one attached hydrogen (secondary N) is 1. The lowest BCUT2D eigenvalue weighted by Gasteiger charge is -2.21. The summed E-state index contributed by atoms with van der Waals surface area (Å²) >= 11 is 0. The van der Waals surface area contributed by atoms with Crippen molar-refractivity contribution >= 4 is 0 Å². The zero-order valence-corrected chi connectivity index (χ0v) is 9.99. The van der Waals surface area contributed by atoms with Crippen LogP contribution >= 0.6 is 0 Å². The van der Waals surface area contributed by atoms with E-state index >= 15 is 0 Å². The van der Waals surface area contributed by atoms with E-state index in [0.717, 1.165) is 12.8 Å². The number of hydrogen-bond acceptors (Lipinski definition) is 5. The zero-order valence-electron chi connectivity index (χ0n) is 9.99. The Morgan fingerprint density at radius 2 is 1.87 bits per heavy atom. The van der Waals surface area contributed by atoms with Crippen molar-refractivity contribution < 1.29 is 14.2 Å². The number of rotatable bonds is 10. The molecule has 0 aromatic rings. The Hall–Kier alpha value is -0.200. The van der Waals surface area contributed by atoms with Gasteiger partial charge in [0.2, 0.25) is 0 Å². The first-order valence-electron chi connectivity index (χ1n) is 5.26. The fraction of sp³-hybridized carbons (Fsp3) is 1.00. The van der Waals surface area contributed by atoms with Crippen LogP contribution in [0.2, 0.25) is 0 Å². The van der Waals surface area contributed by atoms with Crippen LogP contribution < -0.4 is 11.1 Å². The maximum Gasteiger partial charge on any atom is 0.169 e. The monoisotopic (exact) mass is 220 g/mol. The molecular weight excluding hydrogens is 196 g/mol. The first-order chi connectivity index (χ1) is 7.28. The molecular formula is C10H24N2O3. The lowest BCUT2D eigenvalue weighted by Crippen LogP contribution is -2.40. The second-order valence-electron chi connectivity index (χ2n) is 3.39. The molecule has 0 radical (unpaired) electrons. The summed E-state index contributed by atoms with van der Waals surface area (Å²) in [7, 11) is 4.95. The Morgan fingerprint density at radius 1 is 1.20 bits per heavy atom. The van der Waals surface area contributed by atoms with E-state index in [1.54, 1.807) is 21.3 Å². The van der Waals surface area contributed by atoms with E-state index in [4.69, 9.17) is 19.9 Å². The Balaban J connectivity index is 3.72. The van der Waals surface area contributed by atoms with E-state index in [1.165, 1.54) is 0 Å². The summed E-state index contributed by atoms with van der Waals surface area (Å²) in [5.41, 5.74) is 5.46. The maximum absolute atomic E-state index is 5.46. The summed E-state index contributed by atoms with van der Waals surface area (Å²) in [6.07, 6.45) is 1.79. The summed E-state index contributed by atoms with van der Waals surface area (Å²) in [5.74, 6) is 0. The molecule has 0 fully saturated rings. The van der Waals surface area contributed by atoms with Crippen molar-refractivity contribution in [3.05, 3.63) is 0 Å². The summed E-state index contributed by atoms with van der Waals surface area (Å²) in [6.45, 7) is 2.05. The molecule has 5 heteroatoms. The SMILES string of the molecule is COCC(CCCN)NCC(OC)OC. The molecule has 3 N–H and O–H groups in total. The second-order valence-corrected chi connectivity index (χ2v) is 3.39. The molecule has 0 saturated carbocycles. The fourth-order valence-electron chi connectivity index (χ4n) is 1.34. The van der Waals surface area contributed by atoms with Gasteiger partial charge in [-0.25, -0.2) is 0 Å². The van der Waals surface area contributed by atoms with Crippen molar-refractivity contribution in [2.75, 3.05) is 41.0 Å². The lowest BCUT2D eigenvalue weighted by molar-refractivity contribution is -0.101. The Kier molecular flexibility index (Phi) is 10.2. The Bertz CT molecular complexity index is 132. The van der Waals surface area contributed by atoms with E-state index in [2.05, 4.69) is 5.32 Å². The Morgan fingerprint density at radius 3 is 2.33 bits per heavy atom. The summed E-state index contributed by atoms with van der Waals surface area (Å²) in [4.78, 5) is 0. The molecule has 92 valence electrons. The molecule has 1 atom stereocenters. The van der Waals surface area contributed by atoms with Gasteiger partial charge in [-0.3, -0.25) is 0 Å². The van der Waals surface area contributed by atoms with Crippen LogP contribution in [-0.2, 0) is 14.2 Å². The third-order valence-electron chi connectivity index (χ3n) is 2.22. The van der Waals surface area contributed by atoms with Crippen LogP contribution in [0.4, 0.5) is 0 Å². The molecule has 0 rings (SSSR count). The average Bonchev–Trinajstić information content (AvgIpc) is 2.27. The minimum Gasteiger partial charge on any atom is -0.383 e. The fourth-order valence-corrected chi connectivity index (χ4v) is 1.34. The van der Waals surface area contributed by atoms with Gasteiger partial charge in [-0.2, -0.15) is 0 Å². The largest absolute Gasteiger partial charge is 0.383 e. The van der Waals surface area contributed by atoms with Crippen LogP contribution in [0, 0.1) is 0 Å². The van der Waals surface area contributed by atoms with Gasteiger partial charge in [0.1, 0.15) is 0 Å². The standard InChI is InChI=1S/C10H24N2O3/c1-13-8-9(5-4-6-11)12-7-10(14-2)15-3/h9-10,12H,4-8,11H2,1-3H3. The molecule has 0 aliphatic heterocycles. The Labute approximate surface area is 92.3 Å². The molecule has 0 aromatic carbocycles. The predicted molar refractivity (Wildman–Crippen MR) is 59.8 cm³/mol. The smallest absolute Gasteiger partial charge is 0.169 e. The van der Waals surface area contributed by atoms with Crippen molar-refractivity contribution in [3.8, 4) is 0 Å². The van der Waals surface area contributed by atoms with Crippen LogP contribution in [0.25, 0.3) is 0 Å². The molecule has 0 amide bonds. The van der Waals surface area contributed by atoms with Crippen LogP contribution in [0.1, 0.15) is 12.8 Å². The lowest BCUT2D eigenvalue weighted by atomic mass is 10.1. The minimum absolute atomic E-state index is 0.206. The van der Waals surface area contributed by atoms with Crippen LogP contribution in [0.15, 0.2) is 0 Å². The van der Waals surface area contributed by atoms with E-state index < -0.39 is 0 Å². The number of ether oxygens (including phenoxy) is 3. The van der Waals surface area contributed by atoms with Gasteiger partial charge >= 0.3 is 0 Å². The second kappa shape index (κ2) is 10.3. The first-order valence-corrected chi connectivity index (χ1v) is 5.26. The van der Waals surface area contributed by atoms with Crippen LogP contribution in [0.3, 0.4) is 0 Å². The van der Waals surface area contributed by atoms with Gasteiger partial charge in [-0.05, 0) is 19.4 Å². The highest BCUT2D eigenvalue weighted by Gasteiger charge is 2.10.